The van der Waals surface area contributed by atoms with E-state index in [1.807, 2.05) is 0 Å². The molecule has 2 aromatic carbocycles. The van der Waals surface area contributed by atoms with Gasteiger partial charge in [-0.1, -0.05) is 81.3 Å². The first-order chi connectivity index (χ1) is 18.3. The molecule has 2 amide bonds. The molecule has 1 saturated heterocycles. The molecule has 5 atom stereocenters. The molecule has 0 aliphatic carbocycles. The van der Waals surface area contributed by atoms with E-state index in [0.29, 0.717) is 12.0 Å². The number of hydrogen-bond donors (Lipinski definition) is 1. The van der Waals surface area contributed by atoms with Crippen LogP contribution in [0.2, 0.25) is 0 Å². The van der Waals surface area contributed by atoms with Crippen molar-refractivity contribution in [3.8, 4) is 0 Å². The molecular formula is C29H35FN2O5S. The third-order valence-electron chi connectivity index (χ3n) is 6.59. The number of likely N-dealkylation sites (tertiary alicyclic amines) is 1. The van der Waals surface area contributed by atoms with E-state index in [1.54, 1.807) is 49.4 Å². The standard InChI is InChI=1S/C29H35FN2O5S/c1-4-6-8-13-24(21-14-16-23(30)17-15-21)31-28(34)20(3)32-25(33)19-26(32)38(36)27(29(35)37-18-5-2)22-11-9-7-10-12-22/h5,7,9-12,14-17,20,24,26-27H,2,4,6,8,13,18-19H2,1,3H3,(H,31,34). The summed E-state index contributed by atoms with van der Waals surface area (Å²) < 4.78 is 32.4. The first kappa shape index (κ1) is 29.4. The number of ether oxygens (including phenoxy) is 1. The van der Waals surface area contributed by atoms with Gasteiger partial charge in [-0.2, -0.15) is 0 Å². The van der Waals surface area contributed by atoms with Crippen LogP contribution in [0.5, 0.6) is 0 Å². The maximum atomic E-state index is 13.7. The van der Waals surface area contributed by atoms with Gasteiger partial charge in [0, 0.05) is 5.56 Å². The number of benzene rings is 2. The maximum absolute atomic E-state index is 13.7. The number of amides is 2. The molecule has 0 saturated carbocycles. The lowest BCUT2D eigenvalue weighted by atomic mass is 9.99. The number of nitrogens with zero attached hydrogens (tertiary/aromatic N) is 1. The first-order valence-electron chi connectivity index (χ1n) is 12.9. The largest absolute Gasteiger partial charge is 0.614 e. The van der Waals surface area contributed by atoms with Crippen molar-refractivity contribution < 1.29 is 28.1 Å². The molecule has 5 unspecified atom stereocenters. The molecule has 0 spiro atoms. The van der Waals surface area contributed by atoms with Gasteiger partial charge in [0.15, 0.2) is 0 Å². The predicted molar refractivity (Wildman–Crippen MR) is 145 cm³/mol. The lowest BCUT2D eigenvalue weighted by Gasteiger charge is -2.44. The summed E-state index contributed by atoms with van der Waals surface area (Å²) in [6.45, 7) is 7.17. The topological polar surface area (TPSA) is 98.8 Å². The minimum Gasteiger partial charge on any atom is -0.614 e. The van der Waals surface area contributed by atoms with Crippen LogP contribution in [0.25, 0.3) is 0 Å². The van der Waals surface area contributed by atoms with Crippen molar-refractivity contribution in [2.24, 2.45) is 0 Å². The van der Waals surface area contributed by atoms with Crippen LogP contribution in [0, 0.1) is 5.82 Å². The number of β-lactam (4-membered cyclic amide) rings is 1. The number of rotatable bonds is 14. The summed E-state index contributed by atoms with van der Waals surface area (Å²) in [6.07, 6.45) is 4.90. The van der Waals surface area contributed by atoms with Gasteiger partial charge in [0.05, 0.1) is 12.5 Å². The number of nitrogens with one attached hydrogen (secondary N) is 1. The van der Waals surface area contributed by atoms with Crippen molar-refractivity contribution in [2.75, 3.05) is 6.61 Å². The number of hydrogen-bond acceptors (Lipinski definition) is 5. The van der Waals surface area contributed by atoms with E-state index in [0.717, 1.165) is 24.8 Å². The van der Waals surface area contributed by atoms with E-state index in [1.165, 1.54) is 23.1 Å². The molecule has 0 aromatic heterocycles. The van der Waals surface area contributed by atoms with Crippen LogP contribution >= 0.6 is 0 Å². The Labute approximate surface area is 226 Å². The Bertz CT molecular complexity index is 1100. The summed E-state index contributed by atoms with van der Waals surface area (Å²) in [4.78, 5) is 40.1. The van der Waals surface area contributed by atoms with E-state index in [2.05, 4.69) is 18.8 Å². The lowest BCUT2D eigenvalue weighted by Crippen LogP contribution is -2.64. The minimum atomic E-state index is -1.87. The number of carbonyl (C=O) groups is 3. The molecule has 1 N–H and O–H groups in total. The smallest absolute Gasteiger partial charge is 0.364 e. The van der Waals surface area contributed by atoms with Crippen molar-refractivity contribution in [2.45, 2.75) is 68.7 Å². The van der Waals surface area contributed by atoms with Gasteiger partial charge in [-0.05, 0) is 42.2 Å². The molecule has 38 heavy (non-hydrogen) atoms. The summed E-state index contributed by atoms with van der Waals surface area (Å²) in [7, 11) is 0. The van der Waals surface area contributed by atoms with Gasteiger partial charge < -0.3 is 14.6 Å². The summed E-state index contributed by atoms with van der Waals surface area (Å²) in [5.74, 6) is -1.77. The third-order valence-corrected chi connectivity index (χ3v) is 8.45. The zero-order valence-corrected chi connectivity index (χ0v) is 22.6. The van der Waals surface area contributed by atoms with E-state index in [9.17, 15) is 23.3 Å². The first-order valence-corrected chi connectivity index (χ1v) is 14.1. The van der Waals surface area contributed by atoms with Crippen molar-refractivity contribution >= 4 is 29.0 Å². The highest BCUT2D eigenvalue weighted by molar-refractivity contribution is 7.93. The summed E-state index contributed by atoms with van der Waals surface area (Å²) in [5, 5.41) is 1.05. The quantitative estimate of drug-likeness (QED) is 0.122. The average Bonchev–Trinajstić information content (AvgIpc) is 2.91. The second kappa shape index (κ2) is 14.1. The van der Waals surface area contributed by atoms with Crippen LogP contribution in [-0.4, -0.2) is 45.3 Å². The van der Waals surface area contributed by atoms with E-state index >= 15 is 0 Å². The molecule has 204 valence electrons. The van der Waals surface area contributed by atoms with Gasteiger partial charge >= 0.3 is 5.97 Å². The van der Waals surface area contributed by atoms with E-state index in [4.69, 9.17) is 4.74 Å². The zero-order chi connectivity index (χ0) is 27.7. The van der Waals surface area contributed by atoms with E-state index in [-0.39, 0.29) is 30.8 Å². The van der Waals surface area contributed by atoms with Gasteiger partial charge in [-0.25, -0.2) is 9.18 Å². The SMILES string of the molecule is C=CCOC(=O)C(c1ccccc1)[S+]([O-])C1CC(=O)N1C(C)C(=O)NC(CCCCC)c1ccc(F)cc1. The second-order valence-corrected chi connectivity index (χ2v) is 11.0. The summed E-state index contributed by atoms with van der Waals surface area (Å²) >= 11 is -1.87. The highest BCUT2D eigenvalue weighted by atomic mass is 32.2. The number of esters is 1. The molecule has 1 fully saturated rings. The van der Waals surface area contributed by atoms with Gasteiger partial charge in [-0.3, -0.25) is 14.5 Å². The Kier molecular flexibility index (Phi) is 10.9. The molecule has 9 heteroatoms. The Morgan fingerprint density at radius 3 is 2.47 bits per heavy atom. The molecule has 0 radical (unpaired) electrons. The monoisotopic (exact) mass is 542 g/mol. The average molecular weight is 543 g/mol. The van der Waals surface area contributed by atoms with Crippen LogP contribution in [0.4, 0.5) is 4.39 Å². The van der Waals surface area contributed by atoms with Crippen molar-refractivity contribution in [3.05, 3.63) is 84.2 Å². The Hall–Kier alpha value is -3.17. The number of halogens is 1. The van der Waals surface area contributed by atoms with Crippen LogP contribution in [0.3, 0.4) is 0 Å². The molecular weight excluding hydrogens is 507 g/mol. The number of unbranched alkanes of at least 4 members (excludes halogenated alkanes) is 2. The fourth-order valence-corrected chi connectivity index (χ4v) is 6.29. The highest BCUT2D eigenvalue weighted by Crippen LogP contribution is 2.36. The second-order valence-electron chi connectivity index (χ2n) is 9.28. The van der Waals surface area contributed by atoms with Gasteiger partial charge in [0.25, 0.3) is 0 Å². The van der Waals surface area contributed by atoms with Crippen LogP contribution in [-0.2, 0) is 30.3 Å². The molecule has 1 aliphatic rings. The molecule has 0 bridgehead atoms. The fourth-order valence-electron chi connectivity index (χ4n) is 4.46. The van der Waals surface area contributed by atoms with Gasteiger partial charge in [0.1, 0.15) is 18.5 Å². The summed E-state index contributed by atoms with van der Waals surface area (Å²) in [5.41, 5.74) is 1.27. The van der Waals surface area contributed by atoms with Crippen molar-refractivity contribution in [3.63, 3.8) is 0 Å². The fraction of sp³-hybridized carbons (Fsp3) is 0.414. The Morgan fingerprint density at radius 2 is 1.87 bits per heavy atom. The highest BCUT2D eigenvalue weighted by Gasteiger charge is 2.53. The third kappa shape index (κ3) is 7.23. The predicted octanol–water partition coefficient (Wildman–Crippen LogP) is 4.73. The number of carbonyl (C=O) groups excluding carboxylic acids is 3. The molecule has 1 aliphatic heterocycles. The minimum absolute atomic E-state index is 0.0334. The maximum Gasteiger partial charge on any atom is 0.364 e. The Morgan fingerprint density at radius 1 is 1.18 bits per heavy atom. The molecule has 3 rings (SSSR count). The van der Waals surface area contributed by atoms with Crippen molar-refractivity contribution in [1.82, 2.24) is 10.2 Å². The molecule has 7 nitrogen and oxygen atoms in total. The van der Waals surface area contributed by atoms with Crippen LogP contribution < -0.4 is 5.32 Å². The molecule has 1 heterocycles. The van der Waals surface area contributed by atoms with E-state index < -0.39 is 39.7 Å². The Balaban J connectivity index is 1.77. The van der Waals surface area contributed by atoms with Crippen LogP contribution in [0.15, 0.2) is 67.3 Å². The van der Waals surface area contributed by atoms with Crippen molar-refractivity contribution in [1.29, 1.82) is 0 Å². The normalized spacial score (nSPS) is 18.1. The van der Waals surface area contributed by atoms with Crippen LogP contribution in [0.1, 0.15) is 68.4 Å². The van der Waals surface area contributed by atoms with Gasteiger partial charge in [-0.15, -0.1) is 0 Å². The molecule has 2 aromatic rings. The van der Waals surface area contributed by atoms with Gasteiger partial charge in [0.2, 0.25) is 22.4 Å². The lowest BCUT2D eigenvalue weighted by molar-refractivity contribution is -0.150. The summed E-state index contributed by atoms with van der Waals surface area (Å²) in [6, 6.07) is 13.3. The zero-order valence-electron chi connectivity index (χ0n) is 21.8.